The Morgan fingerprint density at radius 1 is 1.10 bits per heavy atom. The van der Waals surface area contributed by atoms with E-state index in [9.17, 15) is 4.79 Å². The molecule has 2 aromatic rings. The van der Waals surface area contributed by atoms with Gasteiger partial charge in [-0.05, 0) is 74.0 Å². The molecular formula is C22H23ClN2O3S. The quantitative estimate of drug-likeness (QED) is 0.495. The number of benzene rings is 2. The molecule has 1 saturated heterocycles. The fourth-order valence-corrected chi connectivity index (χ4v) is 3.51. The van der Waals surface area contributed by atoms with Crippen LogP contribution in [0, 0.1) is 0 Å². The number of thiocarbonyl (C=S) groups is 1. The van der Waals surface area contributed by atoms with E-state index in [-0.39, 0.29) is 5.91 Å². The molecule has 1 N–H and O–H groups in total. The van der Waals surface area contributed by atoms with Crippen LogP contribution in [0.15, 0.2) is 48.2 Å². The summed E-state index contributed by atoms with van der Waals surface area (Å²) < 4.78 is 11.3. The van der Waals surface area contributed by atoms with Crippen molar-refractivity contribution < 1.29 is 14.3 Å². The largest absolute Gasteiger partial charge is 0.490 e. The van der Waals surface area contributed by atoms with E-state index in [0.29, 0.717) is 47.8 Å². The van der Waals surface area contributed by atoms with Crippen molar-refractivity contribution in [2.45, 2.75) is 20.3 Å². The molecule has 2 aromatic carbocycles. The van der Waals surface area contributed by atoms with Crippen molar-refractivity contribution in [2.24, 2.45) is 0 Å². The summed E-state index contributed by atoms with van der Waals surface area (Å²) >= 11 is 11.4. The van der Waals surface area contributed by atoms with Gasteiger partial charge in [-0.25, -0.2) is 0 Å². The van der Waals surface area contributed by atoms with Crippen molar-refractivity contribution in [1.29, 1.82) is 0 Å². The fourth-order valence-electron chi connectivity index (χ4n) is 3.03. The first-order valence-corrected chi connectivity index (χ1v) is 10.3. The number of ether oxygens (including phenoxy) is 2. The zero-order chi connectivity index (χ0) is 20.8. The summed E-state index contributed by atoms with van der Waals surface area (Å²) in [5.74, 6) is 1.28. The minimum absolute atomic E-state index is 0.147. The van der Waals surface area contributed by atoms with Crippen molar-refractivity contribution >= 4 is 40.9 Å². The van der Waals surface area contributed by atoms with Crippen LogP contribution in [0.5, 0.6) is 11.5 Å². The minimum Gasteiger partial charge on any atom is -0.490 e. The number of carbonyl (C=O) groups is 1. The molecule has 1 aliphatic rings. The molecule has 0 spiro atoms. The predicted molar refractivity (Wildman–Crippen MR) is 119 cm³/mol. The van der Waals surface area contributed by atoms with Crippen LogP contribution in [0.25, 0.3) is 6.08 Å². The van der Waals surface area contributed by atoms with Crippen LogP contribution in [0.2, 0.25) is 5.02 Å². The Kier molecular flexibility index (Phi) is 7.12. The summed E-state index contributed by atoms with van der Waals surface area (Å²) in [6.07, 6.45) is 2.40. The Morgan fingerprint density at radius 3 is 2.59 bits per heavy atom. The highest BCUT2D eigenvalue weighted by Crippen LogP contribution is 2.29. The Morgan fingerprint density at radius 2 is 1.86 bits per heavy atom. The van der Waals surface area contributed by atoms with Crippen molar-refractivity contribution in [2.75, 3.05) is 19.8 Å². The lowest BCUT2D eigenvalue weighted by Gasteiger charge is -2.15. The normalized spacial score (nSPS) is 15.0. The van der Waals surface area contributed by atoms with Crippen molar-refractivity contribution in [1.82, 2.24) is 10.2 Å². The topological polar surface area (TPSA) is 50.8 Å². The van der Waals surface area contributed by atoms with Gasteiger partial charge in [0.2, 0.25) is 0 Å². The maximum atomic E-state index is 12.8. The highest BCUT2D eigenvalue weighted by Gasteiger charge is 2.30. The van der Waals surface area contributed by atoms with Gasteiger partial charge in [0.15, 0.2) is 16.6 Å². The third-order valence-corrected chi connectivity index (χ3v) is 4.91. The summed E-state index contributed by atoms with van der Waals surface area (Å²) in [6.45, 7) is 5.47. The second-order valence-corrected chi connectivity index (χ2v) is 7.22. The molecule has 0 saturated carbocycles. The van der Waals surface area contributed by atoms with Crippen LogP contribution in [0.1, 0.15) is 25.0 Å². The van der Waals surface area contributed by atoms with E-state index in [1.807, 2.05) is 44.2 Å². The maximum absolute atomic E-state index is 12.8. The number of nitrogens with one attached hydrogen (secondary N) is 1. The first kappa shape index (κ1) is 21.1. The second kappa shape index (κ2) is 9.76. The minimum atomic E-state index is -0.147. The molecule has 1 fully saturated rings. The van der Waals surface area contributed by atoms with Gasteiger partial charge in [0.05, 0.1) is 13.2 Å². The first-order chi connectivity index (χ1) is 14.0. The van der Waals surface area contributed by atoms with Gasteiger partial charge in [-0.3, -0.25) is 9.69 Å². The highest BCUT2D eigenvalue weighted by atomic mass is 35.5. The third kappa shape index (κ3) is 5.28. The van der Waals surface area contributed by atoms with E-state index in [0.717, 1.165) is 16.9 Å². The van der Waals surface area contributed by atoms with Crippen LogP contribution in [0.4, 0.5) is 0 Å². The van der Waals surface area contributed by atoms with Gasteiger partial charge in [-0.1, -0.05) is 29.8 Å². The molecule has 3 rings (SSSR count). The molecule has 29 heavy (non-hydrogen) atoms. The molecule has 0 radical (unpaired) electrons. The monoisotopic (exact) mass is 430 g/mol. The lowest BCUT2D eigenvalue weighted by molar-refractivity contribution is -0.122. The predicted octanol–water partition coefficient (Wildman–Crippen LogP) is 4.44. The van der Waals surface area contributed by atoms with E-state index >= 15 is 0 Å². The van der Waals surface area contributed by atoms with Gasteiger partial charge < -0.3 is 14.8 Å². The first-order valence-electron chi connectivity index (χ1n) is 9.50. The summed E-state index contributed by atoms with van der Waals surface area (Å²) in [5.41, 5.74) is 2.32. The number of halogens is 1. The standard InChI is InChI=1S/C22H23ClN2O3S/c1-3-27-19-9-8-15(14-20(19)28-4-2)10-11-25-21(26)18(24-22(25)29)13-16-6-5-7-17(23)12-16/h5-9,12-14H,3-4,10-11H2,1-2H3,(H,24,29)/b18-13+. The zero-order valence-corrected chi connectivity index (χ0v) is 18.0. The molecular weight excluding hydrogens is 408 g/mol. The van der Waals surface area contributed by atoms with Crippen LogP contribution in [-0.2, 0) is 11.2 Å². The number of nitrogens with zero attached hydrogens (tertiary/aromatic N) is 1. The average molecular weight is 431 g/mol. The molecule has 0 unspecified atom stereocenters. The van der Waals surface area contributed by atoms with Gasteiger partial charge in [0.25, 0.3) is 5.91 Å². The number of carbonyl (C=O) groups excluding carboxylic acids is 1. The van der Waals surface area contributed by atoms with Crippen LogP contribution in [-0.4, -0.2) is 35.7 Å². The van der Waals surface area contributed by atoms with Gasteiger partial charge in [-0.2, -0.15) is 0 Å². The van der Waals surface area contributed by atoms with Gasteiger partial charge >= 0.3 is 0 Å². The summed E-state index contributed by atoms with van der Waals surface area (Å²) in [7, 11) is 0. The summed E-state index contributed by atoms with van der Waals surface area (Å²) in [5, 5.41) is 4.01. The molecule has 0 aromatic heterocycles. The third-order valence-electron chi connectivity index (χ3n) is 4.35. The Balaban J connectivity index is 1.70. The summed E-state index contributed by atoms with van der Waals surface area (Å²) in [6, 6.07) is 13.1. The SMILES string of the molecule is CCOc1ccc(CCN2C(=O)/C(=C\c3cccc(Cl)c3)NC2=S)cc1OCC. The van der Waals surface area contributed by atoms with Gasteiger partial charge in [0, 0.05) is 11.6 Å². The van der Waals surface area contributed by atoms with Crippen LogP contribution >= 0.6 is 23.8 Å². The van der Waals surface area contributed by atoms with Crippen LogP contribution in [0.3, 0.4) is 0 Å². The molecule has 0 aliphatic carbocycles. The second-order valence-electron chi connectivity index (χ2n) is 6.40. The lowest BCUT2D eigenvalue weighted by Crippen LogP contribution is -2.32. The van der Waals surface area contributed by atoms with Gasteiger partial charge in [0.1, 0.15) is 5.70 Å². The molecule has 1 aliphatic heterocycles. The molecule has 1 heterocycles. The van der Waals surface area contributed by atoms with E-state index < -0.39 is 0 Å². The number of hydrogen-bond donors (Lipinski definition) is 1. The Hall–Kier alpha value is -2.57. The van der Waals surface area contributed by atoms with E-state index in [1.165, 1.54) is 0 Å². The van der Waals surface area contributed by atoms with Crippen LogP contribution < -0.4 is 14.8 Å². The van der Waals surface area contributed by atoms with Crippen molar-refractivity contribution in [3.8, 4) is 11.5 Å². The number of rotatable bonds is 8. The smallest absolute Gasteiger partial charge is 0.276 e. The van der Waals surface area contributed by atoms with E-state index in [2.05, 4.69) is 5.32 Å². The molecule has 1 amide bonds. The van der Waals surface area contributed by atoms with Crippen molar-refractivity contribution in [3.63, 3.8) is 0 Å². The molecule has 5 nitrogen and oxygen atoms in total. The molecule has 0 atom stereocenters. The average Bonchev–Trinajstić information content (AvgIpc) is 2.95. The van der Waals surface area contributed by atoms with Crippen molar-refractivity contribution in [3.05, 3.63) is 64.3 Å². The van der Waals surface area contributed by atoms with E-state index in [4.69, 9.17) is 33.3 Å². The number of amides is 1. The zero-order valence-electron chi connectivity index (χ0n) is 16.4. The highest BCUT2D eigenvalue weighted by molar-refractivity contribution is 7.80. The number of hydrogen-bond acceptors (Lipinski definition) is 4. The molecule has 7 heteroatoms. The lowest BCUT2D eigenvalue weighted by atomic mass is 10.1. The summed E-state index contributed by atoms with van der Waals surface area (Å²) in [4.78, 5) is 14.3. The van der Waals surface area contributed by atoms with Gasteiger partial charge in [-0.15, -0.1) is 0 Å². The Bertz CT molecular complexity index is 945. The Labute approximate surface area is 181 Å². The fraction of sp³-hybridized carbons (Fsp3) is 0.273. The molecule has 152 valence electrons. The maximum Gasteiger partial charge on any atom is 0.276 e. The molecule has 0 bridgehead atoms. The van der Waals surface area contributed by atoms with E-state index in [1.54, 1.807) is 23.1 Å².